The van der Waals surface area contributed by atoms with Crippen LogP contribution < -0.4 is 5.32 Å². The van der Waals surface area contributed by atoms with E-state index in [0.29, 0.717) is 11.8 Å². The average molecular weight is 252 g/mol. The van der Waals surface area contributed by atoms with Gasteiger partial charge in [0.1, 0.15) is 0 Å². The van der Waals surface area contributed by atoms with Crippen LogP contribution in [0.2, 0.25) is 0 Å². The lowest BCUT2D eigenvalue weighted by Crippen LogP contribution is -2.63. The first-order chi connectivity index (χ1) is 8.64. The van der Waals surface area contributed by atoms with Crippen LogP contribution in [0.5, 0.6) is 0 Å². The zero-order valence-electron chi connectivity index (χ0n) is 12.0. The molecule has 0 atom stereocenters. The quantitative estimate of drug-likeness (QED) is 0.837. The zero-order valence-corrected chi connectivity index (χ0v) is 12.0. The summed E-state index contributed by atoms with van der Waals surface area (Å²) in [5.41, 5.74) is 0.157. The van der Waals surface area contributed by atoms with E-state index in [1.807, 2.05) is 0 Å². The fraction of sp³-hybridized carbons (Fsp3) is 0.933. The normalized spacial score (nSPS) is 23.6. The molecular formula is C15H28N2O. The third kappa shape index (κ3) is 3.05. The Bertz CT molecular complexity index is 274. The van der Waals surface area contributed by atoms with Crippen LogP contribution >= 0.6 is 0 Å². The highest BCUT2D eigenvalue weighted by Gasteiger charge is 2.41. The molecule has 1 spiro atoms. The van der Waals surface area contributed by atoms with Gasteiger partial charge in [-0.25, -0.2) is 0 Å². The highest BCUT2D eigenvalue weighted by atomic mass is 16.2. The molecule has 2 rings (SSSR count). The van der Waals surface area contributed by atoms with Crippen LogP contribution in [0.25, 0.3) is 0 Å². The molecule has 0 bridgehead atoms. The molecule has 1 aliphatic carbocycles. The second-order valence-corrected chi connectivity index (χ2v) is 6.44. The van der Waals surface area contributed by atoms with Gasteiger partial charge in [0, 0.05) is 26.1 Å². The van der Waals surface area contributed by atoms with Crippen molar-refractivity contribution >= 4 is 5.91 Å². The van der Waals surface area contributed by atoms with Gasteiger partial charge in [-0.05, 0) is 25.2 Å². The summed E-state index contributed by atoms with van der Waals surface area (Å²) in [6.07, 6.45) is 8.08. The molecule has 1 N–H and O–H groups in total. The van der Waals surface area contributed by atoms with E-state index >= 15 is 0 Å². The minimum atomic E-state index is 0.157. The summed E-state index contributed by atoms with van der Waals surface area (Å²) in [4.78, 5) is 14.7. The SMILES string of the molecule is CC(C)CCC(=O)N1CCNCC12CCCCC2. The van der Waals surface area contributed by atoms with E-state index in [9.17, 15) is 4.79 Å². The maximum absolute atomic E-state index is 12.5. The maximum Gasteiger partial charge on any atom is 0.223 e. The molecular weight excluding hydrogens is 224 g/mol. The summed E-state index contributed by atoms with van der Waals surface area (Å²) in [6.45, 7) is 7.29. The summed E-state index contributed by atoms with van der Waals surface area (Å²) in [6, 6.07) is 0. The lowest BCUT2D eigenvalue weighted by Gasteiger charge is -2.50. The van der Waals surface area contributed by atoms with Gasteiger partial charge in [0.25, 0.3) is 0 Å². The molecule has 0 aromatic heterocycles. The van der Waals surface area contributed by atoms with E-state index in [-0.39, 0.29) is 5.54 Å². The smallest absolute Gasteiger partial charge is 0.223 e. The molecule has 0 radical (unpaired) electrons. The Morgan fingerprint density at radius 3 is 2.67 bits per heavy atom. The fourth-order valence-corrected chi connectivity index (χ4v) is 3.44. The van der Waals surface area contributed by atoms with Gasteiger partial charge in [-0.3, -0.25) is 4.79 Å². The van der Waals surface area contributed by atoms with E-state index in [4.69, 9.17) is 0 Å². The Hall–Kier alpha value is -0.570. The Labute approximate surface area is 111 Å². The molecule has 3 heteroatoms. The topological polar surface area (TPSA) is 32.3 Å². The van der Waals surface area contributed by atoms with Crippen molar-refractivity contribution in [3.05, 3.63) is 0 Å². The van der Waals surface area contributed by atoms with Crippen molar-refractivity contribution in [2.24, 2.45) is 5.92 Å². The third-order valence-electron chi connectivity index (χ3n) is 4.56. The number of nitrogens with one attached hydrogen (secondary N) is 1. The summed E-state index contributed by atoms with van der Waals surface area (Å²) in [7, 11) is 0. The number of rotatable bonds is 3. The van der Waals surface area contributed by atoms with Gasteiger partial charge in [0.2, 0.25) is 5.91 Å². The molecule has 3 nitrogen and oxygen atoms in total. The number of carbonyl (C=O) groups excluding carboxylic acids is 1. The number of amides is 1. The van der Waals surface area contributed by atoms with Gasteiger partial charge in [0.05, 0.1) is 5.54 Å². The van der Waals surface area contributed by atoms with Crippen LogP contribution in [0.3, 0.4) is 0 Å². The molecule has 104 valence electrons. The van der Waals surface area contributed by atoms with Crippen molar-refractivity contribution in [2.45, 2.75) is 64.3 Å². The van der Waals surface area contributed by atoms with Crippen molar-refractivity contribution in [3.8, 4) is 0 Å². The van der Waals surface area contributed by atoms with E-state index in [0.717, 1.165) is 32.5 Å². The van der Waals surface area contributed by atoms with Gasteiger partial charge in [0.15, 0.2) is 0 Å². The van der Waals surface area contributed by atoms with Crippen LogP contribution in [-0.4, -0.2) is 36.0 Å². The largest absolute Gasteiger partial charge is 0.334 e. The van der Waals surface area contributed by atoms with Gasteiger partial charge in [-0.15, -0.1) is 0 Å². The van der Waals surface area contributed by atoms with Crippen molar-refractivity contribution in [1.29, 1.82) is 0 Å². The monoisotopic (exact) mass is 252 g/mol. The average Bonchev–Trinajstić information content (AvgIpc) is 2.37. The Kier molecular flexibility index (Phi) is 4.66. The molecule has 1 saturated carbocycles. The van der Waals surface area contributed by atoms with Gasteiger partial charge < -0.3 is 10.2 Å². The van der Waals surface area contributed by atoms with Crippen LogP contribution in [0.4, 0.5) is 0 Å². The van der Waals surface area contributed by atoms with Crippen molar-refractivity contribution in [2.75, 3.05) is 19.6 Å². The summed E-state index contributed by atoms with van der Waals surface area (Å²) >= 11 is 0. The first kappa shape index (κ1) is 13.9. The third-order valence-corrected chi connectivity index (χ3v) is 4.56. The van der Waals surface area contributed by atoms with Crippen LogP contribution in [0, 0.1) is 5.92 Å². The number of hydrogen-bond donors (Lipinski definition) is 1. The van der Waals surface area contributed by atoms with E-state index in [1.54, 1.807) is 0 Å². The van der Waals surface area contributed by atoms with E-state index < -0.39 is 0 Å². The minimum Gasteiger partial charge on any atom is -0.334 e. The molecule has 0 aromatic rings. The van der Waals surface area contributed by atoms with Gasteiger partial charge in [-0.1, -0.05) is 33.1 Å². The minimum absolute atomic E-state index is 0.157. The molecule has 0 aromatic carbocycles. The lowest BCUT2D eigenvalue weighted by molar-refractivity contribution is -0.141. The molecule has 1 saturated heterocycles. The van der Waals surface area contributed by atoms with Crippen molar-refractivity contribution < 1.29 is 4.79 Å². The maximum atomic E-state index is 12.5. The second-order valence-electron chi connectivity index (χ2n) is 6.44. The van der Waals surface area contributed by atoms with Crippen LogP contribution in [-0.2, 0) is 4.79 Å². The summed E-state index contributed by atoms with van der Waals surface area (Å²) < 4.78 is 0. The number of hydrogen-bond acceptors (Lipinski definition) is 2. The number of carbonyl (C=O) groups is 1. The second kappa shape index (κ2) is 6.05. The Morgan fingerprint density at radius 2 is 2.00 bits per heavy atom. The summed E-state index contributed by atoms with van der Waals surface area (Å²) in [5.74, 6) is 1.02. The first-order valence-corrected chi connectivity index (χ1v) is 7.65. The molecule has 1 heterocycles. The number of piperazine rings is 1. The van der Waals surface area contributed by atoms with Gasteiger partial charge in [-0.2, -0.15) is 0 Å². The van der Waals surface area contributed by atoms with Gasteiger partial charge >= 0.3 is 0 Å². The Morgan fingerprint density at radius 1 is 1.28 bits per heavy atom. The Balaban J connectivity index is 2.00. The lowest BCUT2D eigenvalue weighted by atomic mass is 9.78. The zero-order chi connectivity index (χ0) is 13.0. The molecule has 1 amide bonds. The predicted octanol–water partition coefficient (Wildman–Crippen LogP) is 2.56. The molecule has 2 fully saturated rings. The molecule has 1 aliphatic heterocycles. The molecule has 0 unspecified atom stereocenters. The highest BCUT2D eigenvalue weighted by molar-refractivity contribution is 5.77. The van der Waals surface area contributed by atoms with Crippen molar-refractivity contribution in [3.63, 3.8) is 0 Å². The fourth-order valence-electron chi connectivity index (χ4n) is 3.44. The van der Waals surface area contributed by atoms with E-state index in [2.05, 4.69) is 24.1 Å². The van der Waals surface area contributed by atoms with Crippen LogP contribution in [0.1, 0.15) is 58.8 Å². The predicted molar refractivity (Wildman–Crippen MR) is 74.5 cm³/mol. The molecule has 2 aliphatic rings. The van der Waals surface area contributed by atoms with Crippen LogP contribution in [0.15, 0.2) is 0 Å². The molecule has 18 heavy (non-hydrogen) atoms. The number of nitrogens with zero attached hydrogens (tertiary/aromatic N) is 1. The summed E-state index contributed by atoms with van der Waals surface area (Å²) in [5, 5.41) is 3.50. The van der Waals surface area contributed by atoms with E-state index in [1.165, 1.54) is 32.1 Å². The van der Waals surface area contributed by atoms with Crippen molar-refractivity contribution in [1.82, 2.24) is 10.2 Å². The standard InChI is InChI=1S/C15H28N2O/c1-13(2)6-7-14(18)17-11-10-16-12-15(17)8-4-3-5-9-15/h13,16H,3-12H2,1-2H3. The first-order valence-electron chi connectivity index (χ1n) is 7.65. The highest BCUT2D eigenvalue weighted by Crippen LogP contribution is 2.35.